The zero-order valence-electron chi connectivity index (χ0n) is 18.2. The fourth-order valence-corrected chi connectivity index (χ4v) is 4.43. The molecule has 6 rings (SSSR count). The Kier molecular flexibility index (Phi) is 4.88. The van der Waals surface area contributed by atoms with Crippen LogP contribution in [0.5, 0.6) is 17.2 Å². The highest BCUT2D eigenvalue weighted by Gasteiger charge is 2.63. The van der Waals surface area contributed by atoms with E-state index in [1.807, 2.05) is 37.3 Å². The molecule has 2 fully saturated rings. The lowest BCUT2D eigenvalue weighted by atomic mass is 9.81. The molecule has 0 radical (unpaired) electrons. The summed E-state index contributed by atoms with van der Waals surface area (Å²) < 4.78 is 28.1. The van der Waals surface area contributed by atoms with Crippen LogP contribution < -0.4 is 14.2 Å². The third-order valence-corrected chi connectivity index (χ3v) is 6.15. The Bertz CT molecular complexity index is 1080. The van der Waals surface area contributed by atoms with Gasteiger partial charge in [0.15, 0.2) is 17.1 Å². The van der Waals surface area contributed by atoms with Gasteiger partial charge in [-0.3, -0.25) is 0 Å². The summed E-state index contributed by atoms with van der Waals surface area (Å²) >= 11 is 0. The Hall–Kier alpha value is -3.07. The number of carbonyl (C=O) groups is 1. The van der Waals surface area contributed by atoms with Crippen molar-refractivity contribution in [1.29, 1.82) is 0 Å². The van der Waals surface area contributed by atoms with Gasteiger partial charge in [-0.05, 0) is 48.4 Å². The fraction of sp³-hybridized carbons (Fsp3) is 0.375. The molecule has 2 unspecified atom stereocenters. The maximum Gasteiger partial charge on any atom is 0.340 e. The molecule has 2 bridgehead atoms. The Balaban J connectivity index is 1.50. The Morgan fingerprint density at radius 3 is 2.31 bits per heavy atom. The number of rotatable bonds is 5. The molecular weight excluding hydrogens is 416 g/mol. The fourth-order valence-electron chi connectivity index (χ4n) is 4.43. The summed E-state index contributed by atoms with van der Waals surface area (Å²) in [5, 5.41) is 0. The second kappa shape index (κ2) is 7.51. The van der Waals surface area contributed by atoms with Crippen LogP contribution in [0.1, 0.15) is 36.7 Å². The number of methoxy groups -OCH3 is 3. The van der Waals surface area contributed by atoms with Gasteiger partial charge < -0.3 is 23.7 Å². The van der Waals surface area contributed by atoms with E-state index in [0.717, 1.165) is 16.9 Å². The smallest absolute Gasteiger partial charge is 0.340 e. The van der Waals surface area contributed by atoms with Crippen molar-refractivity contribution in [3.05, 3.63) is 65.2 Å². The zero-order valence-corrected chi connectivity index (χ0v) is 18.2. The van der Waals surface area contributed by atoms with Gasteiger partial charge in [-0.25, -0.2) is 9.68 Å². The van der Waals surface area contributed by atoms with Gasteiger partial charge in [0.1, 0.15) is 18.0 Å². The minimum atomic E-state index is -1.38. The molecule has 1 spiro atoms. The monoisotopic (exact) mass is 440 g/mol. The molecule has 4 aliphatic heterocycles. The van der Waals surface area contributed by atoms with Crippen LogP contribution in [0.15, 0.2) is 54.1 Å². The molecule has 0 amide bonds. The molecule has 32 heavy (non-hydrogen) atoms. The van der Waals surface area contributed by atoms with Crippen LogP contribution in [-0.4, -0.2) is 38.7 Å². The summed E-state index contributed by atoms with van der Waals surface area (Å²) in [5.74, 6) is -0.0253. The molecule has 0 saturated carbocycles. The first-order chi connectivity index (χ1) is 15.4. The van der Waals surface area contributed by atoms with Crippen molar-refractivity contribution in [2.75, 3.05) is 21.3 Å². The number of carbonyl (C=O) groups excluding carboxylic acids is 1. The quantitative estimate of drug-likeness (QED) is 0.513. The van der Waals surface area contributed by atoms with Crippen molar-refractivity contribution >= 4 is 5.97 Å². The topological polar surface area (TPSA) is 81.7 Å². The molecule has 4 aliphatic rings. The predicted molar refractivity (Wildman–Crippen MR) is 111 cm³/mol. The number of hydrogen-bond acceptors (Lipinski definition) is 8. The highest BCUT2D eigenvalue weighted by Crippen LogP contribution is 2.56. The van der Waals surface area contributed by atoms with E-state index in [1.54, 1.807) is 39.5 Å². The number of hydrogen-bond donors (Lipinski definition) is 0. The Morgan fingerprint density at radius 1 is 0.906 bits per heavy atom. The van der Waals surface area contributed by atoms with Crippen LogP contribution >= 0.6 is 0 Å². The van der Waals surface area contributed by atoms with Crippen molar-refractivity contribution in [2.24, 2.45) is 0 Å². The lowest BCUT2D eigenvalue weighted by molar-refractivity contribution is -0.523. The number of cyclic esters (lactones) is 1. The van der Waals surface area contributed by atoms with Gasteiger partial charge in [0, 0.05) is 0 Å². The minimum Gasteiger partial charge on any atom is -0.497 e. The molecule has 0 aliphatic carbocycles. The molecular formula is C24H24O8. The lowest BCUT2D eigenvalue weighted by Gasteiger charge is -2.54. The average molecular weight is 440 g/mol. The van der Waals surface area contributed by atoms with Crippen molar-refractivity contribution < 1.29 is 38.3 Å². The average Bonchev–Trinajstić information content (AvgIpc) is 2.83. The van der Waals surface area contributed by atoms with Gasteiger partial charge in [0.25, 0.3) is 0 Å². The maximum absolute atomic E-state index is 13.0. The van der Waals surface area contributed by atoms with Crippen LogP contribution in [-0.2, 0) is 24.0 Å². The van der Waals surface area contributed by atoms with Crippen molar-refractivity contribution in [3.8, 4) is 17.2 Å². The molecule has 2 aromatic carbocycles. The van der Waals surface area contributed by atoms with E-state index >= 15 is 0 Å². The molecule has 4 atom stereocenters. The van der Waals surface area contributed by atoms with E-state index in [0.29, 0.717) is 17.1 Å². The van der Waals surface area contributed by atoms with Gasteiger partial charge >= 0.3 is 5.97 Å². The molecule has 2 saturated heterocycles. The van der Waals surface area contributed by atoms with E-state index in [-0.39, 0.29) is 6.42 Å². The van der Waals surface area contributed by atoms with Crippen LogP contribution in [0.25, 0.3) is 0 Å². The standard InChI is InChI=1S/C24H24O8/c1-23-12-17-22(25)29-20(15-7-10-18(27-3)19(11-15)28-4)13-24(17,32-31-23)30-21(23)14-5-8-16(26-2)9-6-14/h5-12,20-21H,13H2,1-4H3/t20?,21?,23-,24+/m1/s1. The largest absolute Gasteiger partial charge is 0.497 e. The highest BCUT2D eigenvalue weighted by molar-refractivity contribution is 5.92. The van der Waals surface area contributed by atoms with E-state index in [9.17, 15) is 4.79 Å². The molecule has 8 nitrogen and oxygen atoms in total. The third-order valence-electron chi connectivity index (χ3n) is 6.15. The molecule has 0 N–H and O–H groups in total. The van der Waals surface area contributed by atoms with E-state index < -0.39 is 29.6 Å². The Morgan fingerprint density at radius 2 is 1.62 bits per heavy atom. The van der Waals surface area contributed by atoms with Gasteiger partial charge in [-0.2, -0.15) is 4.89 Å². The minimum absolute atomic E-state index is 0.225. The summed E-state index contributed by atoms with van der Waals surface area (Å²) in [6, 6.07) is 12.9. The SMILES string of the molecule is COc1ccc(C2O[C@]34CC(c5ccc(OC)c(OC)c5)OC(=O)C3=C[C@@]2(C)OO4)cc1. The molecule has 168 valence electrons. The van der Waals surface area contributed by atoms with Gasteiger partial charge in [-0.1, -0.05) is 18.2 Å². The third kappa shape index (κ3) is 3.14. The van der Waals surface area contributed by atoms with Crippen molar-refractivity contribution in [3.63, 3.8) is 0 Å². The van der Waals surface area contributed by atoms with Crippen molar-refractivity contribution in [1.82, 2.24) is 0 Å². The number of benzene rings is 2. The summed E-state index contributed by atoms with van der Waals surface area (Å²) in [5.41, 5.74) is 0.943. The Labute approximate surface area is 185 Å². The lowest BCUT2D eigenvalue weighted by Crippen LogP contribution is -2.61. The van der Waals surface area contributed by atoms with Crippen LogP contribution in [0, 0.1) is 0 Å². The highest BCUT2D eigenvalue weighted by atomic mass is 17.3. The second-order valence-electron chi connectivity index (χ2n) is 8.14. The molecule has 4 heterocycles. The van der Waals surface area contributed by atoms with Gasteiger partial charge in [0.2, 0.25) is 5.79 Å². The number of fused-ring (bicyclic) bond motifs is 2. The van der Waals surface area contributed by atoms with Crippen LogP contribution in [0.3, 0.4) is 0 Å². The molecule has 8 heteroatoms. The number of esters is 1. The summed E-state index contributed by atoms with van der Waals surface area (Å²) in [7, 11) is 4.73. The first-order valence-electron chi connectivity index (χ1n) is 10.3. The molecule has 2 aromatic rings. The summed E-state index contributed by atoms with van der Waals surface area (Å²) in [6.07, 6.45) is 0.870. The molecule has 0 aromatic heterocycles. The summed E-state index contributed by atoms with van der Waals surface area (Å²) in [6.45, 7) is 1.81. The van der Waals surface area contributed by atoms with E-state index in [1.165, 1.54) is 0 Å². The normalized spacial score (nSPS) is 30.8. The zero-order chi connectivity index (χ0) is 22.5. The van der Waals surface area contributed by atoms with Gasteiger partial charge in [-0.15, -0.1) is 0 Å². The van der Waals surface area contributed by atoms with Gasteiger partial charge in [0.05, 0.1) is 33.3 Å². The van der Waals surface area contributed by atoms with E-state index in [2.05, 4.69) is 0 Å². The van der Waals surface area contributed by atoms with Crippen molar-refractivity contribution in [2.45, 2.75) is 36.9 Å². The second-order valence-corrected chi connectivity index (χ2v) is 8.14. The maximum atomic E-state index is 13.0. The van der Waals surface area contributed by atoms with E-state index in [4.69, 9.17) is 33.5 Å². The first-order valence-corrected chi connectivity index (χ1v) is 10.3. The first kappa shape index (κ1) is 20.8. The summed E-state index contributed by atoms with van der Waals surface area (Å²) in [4.78, 5) is 24.5. The van der Waals surface area contributed by atoms with Crippen LogP contribution in [0.2, 0.25) is 0 Å². The predicted octanol–water partition coefficient (Wildman–Crippen LogP) is 3.82. The van der Waals surface area contributed by atoms with Crippen LogP contribution in [0.4, 0.5) is 0 Å². The number of ether oxygens (including phenoxy) is 5.